The number of hydrogen-bond donors (Lipinski definition) is 3. The van der Waals surface area contributed by atoms with Gasteiger partial charge in [-0.3, -0.25) is 9.59 Å². The molecule has 2 aromatic carbocycles. The maximum Gasteiger partial charge on any atom is 0.329 e. The number of nitrogens with zero attached hydrogens (tertiary/aromatic N) is 1. The number of hydrazone groups is 1. The van der Waals surface area contributed by atoms with E-state index in [1.807, 2.05) is 19.9 Å². The SMILES string of the molecule is C=CCc1cc(/C=N/NC(=O)C(=O)Nc2ccc(C)c(C)c2)cc(OC)c1O. The average molecular weight is 381 g/mol. The van der Waals surface area contributed by atoms with Crippen molar-refractivity contribution in [2.45, 2.75) is 20.3 Å². The van der Waals surface area contributed by atoms with E-state index in [-0.39, 0.29) is 11.5 Å². The molecule has 0 spiro atoms. The van der Waals surface area contributed by atoms with Crippen molar-refractivity contribution in [3.05, 3.63) is 65.2 Å². The lowest BCUT2D eigenvalue weighted by Crippen LogP contribution is -2.32. The molecule has 146 valence electrons. The molecule has 28 heavy (non-hydrogen) atoms. The van der Waals surface area contributed by atoms with Crippen LogP contribution in [0.25, 0.3) is 0 Å². The summed E-state index contributed by atoms with van der Waals surface area (Å²) in [6, 6.07) is 8.62. The highest BCUT2D eigenvalue weighted by atomic mass is 16.5. The predicted molar refractivity (Wildman–Crippen MR) is 109 cm³/mol. The van der Waals surface area contributed by atoms with Crippen molar-refractivity contribution in [3.8, 4) is 11.5 Å². The number of ether oxygens (including phenoxy) is 1. The zero-order chi connectivity index (χ0) is 20.7. The molecule has 7 nitrogen and oxygen atoms in total. The molecule has 2 amide bonds. The molecule has 2 aromatic rings. The Morgan fingerprint density at radius 2 is 1.93 bits per heavy atom. The number of methoxy groups -OCH3 is 1. The summed E-state index contributed by atoms with van der Waals surface area (Å²) >= 11 is 0. The van der Waals surface area contributed by atoms with E-state index in [0.29, 0.717) is 23.2 Å². The van der Waals surface area contributed by atoms with Crippen molar-refractivity contribution in [3.63, 3.8) is 0 Å². The molecule has 3 N–H and O–H groups in total. The van der Waals surface area contributed by atoms with Crippen LogP contribution >= 0.6 is 0 Å². The third-order valence-electron chi connectivity index (χ3n) is 4.11. The Labute approximate surface area is 163 Å². The third kappa shape index (κ3) is 5.20. The highest BCUT2D eigenvalue weighted by Gasteiger charge is 2.13. The largest absolute Gasteiger partial charge is 0.504 e. The monoisotopic (exact) mass is 381 g/mol. The lowest BCUT2D eigenvalue weighted by atomic mass is 10.1. The summed E-state index contributed by atoms with van der Waals surface area (Å²) in [6.07, 6.45) is 3.44. The van der Waals surface area contributed by atoms with Gasteiger partial charge in [-0.05, 0) is 61.2 Å². The van der Waals surface area contributed by atoms with E-state index in [2.05, 4.69) is 22.4 Å². The van der Waals surface area contributed by atoms with Gasteiger partial charge < -0.3 is 15.2 Å². The topological polar surface area (TPSA) is 100 Å². The first-order valence-corrected chi connectivity index (χ1v) is 8.58. The van der Waals surface area contributed by atoms with Crippen LogP contribution in [0.15, 0.2) is 48.1 Å². The van der Waals surface area contributed by atoms with E-state index >= 15 is 0 Å². The first-order valence-electron chi connectivity index (χ1n) is 8.58. The lowest BCUT2D eigenvalue weighted by molar-refractivity contribution is -0.136. The van der Waals surface area contributed by atoms with Crippen LogP contribution in [0.4, 0.5) is 5.69 Å². The number of carbonyl (C=O) groups excluding carboxylic acids is 2. The molecule has 0 aliphatic carbocycles. The zero-order valence-electron chi connectivity index (χ0n) is 16.1. The number of phenols is 1. The Balaban J connectivity index is 2.04. The highest BCUT2D eigenvalue weighted by molar-refractivity contribution is 6.39. The van der Waals surface area contributed by atoms with E-state index < -0.39 is 11.8 Å². The van der Waals surface area contributed by atoms with Crippen LogP contribution in [0.3, 0.4) is 0 Å². The molecular formula is C21H23N3O4. The number of benzene rings is 2. The second-order valence-electron chi connectivity index (χ2n) is 6.18. The minimum Gasteiger partial charge on any atom is -0.504 e. The summed E-state index contributed by atoms with van der Waals surface area (Å²) < 4.78 is 5.13. The maximum atomic E-state index is 12.0. The number of rotatable bonds is 6. The summed E-state index contributed by atoms with van der Waals surface area (Å²) in [6.45, 7) is 7.52. The number of aromatic hydroxyl groups is 1. The van der Waals surface area contributed by atoms with Crippen LogP contribution in [-0.4, -0.2) is 30.2 Å². The summed E-state index contributed by atoms with van der Waals surface area (Å²) in [4.78, 5) is 23.9. The van der Waals surface area contributed by atoms with E-state index in [1.165, 1.54) is 13.3 Å². The molecule has 0 aliphatic heterocycles. The Hall–Kier alpha value is -3.61. The van der Waals surface area contributed by atoms with Crippen molar-refractivity contribution < 1.29 is 19.4 Å². The molecule has 0 heterocycles. The van der Waals surface area contributed by atoms with Crippen LogP contribution in [0.2, 0.25) is 0 Å². The molecular weight excluding hydrogens is 358 g/mol. The van der Waals surface area contributed by atoms with E-state index in [4.69, 9.17) is 4.74 Å². The van der Waals surface area contributed by atoms with Gasteiger partial charge in [-0.15, -0.1) is 6.58 Å². The van der Waals surface area contributed by atoms with Gasteiger partial charge in [-0.1, -0.05) is 12.1 Å². The standard InChI is InChI=1S/C21H23N3O4/c1-5-6-16-10-15(11-18(28-4)19(16)25)12-22-24-21(27)20(26)23-17-8-7-13(2)14(3)9-17/h5,7-12,25H,1,6H2,2-4H3,(H,23,26)(H,24,27)/b22-12+. The maximum absolute atomic E-state index is 12.0. The van der Waals surface area contributed by atoms with Crippen LogP contribution < -0.4 is 15.5 Å². The summed E-state index contributed by atoms with van der Waals surface area (Å²) in [5.74, 6) is -1.42. The van der Waals surface area contributed by atoms with Crippen molar-refractivity contribution >= 4 is 23.7 Å². The van der Waals surface area contributed by atoms with Crippen LogP contribution in [0.5, 0.6) is 11.5 Å². The predicted octanol–water partition coefficient (Wildman–Crippen LogP) is 2.83. The van der Waals surface area contributed by atoms with E-state index in [0.717, 1.165) is 11.1 Å². The van der Waals surface area contributed by atoms with Gasteiger partial charge in [0, 0.05) is 11.3 Å². The van der Waals surface area contributed by atoms with Gasteiger partial charge in [0.25, 0.3) is 0 Å². The Bertz CT molecular complexity index is 935. The molecule has 0 unspecified atom stereocenters. The minimum absolute atomic E-state index is 0.0244. The molecule has 0 radical (unpaired) electrons. The zero-order valence-corrected chi connectivity index (χ0v) is 16.1. The number of carbonyl (C=O) groups is 2. The number of allylic oxidation sites excluding steroid dienone is 1. The quantitative estimate of drug-likeness (QED) is 0.310. The molecule has 0 aliphatic rings. The third-order valence-corrected chi connectivity index (χ3v) is 4.11. The van der Waals surface area contributed by atoms with Crippen molar-refractivity contribution in [2.24, 2.45) is 5.10 Å². The number of nitrogens with one attached hydrogen (secondary N) is 2. The molecule has 0 saturated carbocycles. The van der Waals surface area contributed by atoms with Gasteiger partial charge in [0.2, 0.25) is 0 Å². The Morgan fingerprint density at radius 3 is 2.57 bits per heavy atom. The molecule has 0 fully saturated rings. The molecule has 7 heteroatoms. The number of hydrogen-bond acceptors (Lipinski definition) is 5. The van der Waals surface area contributed by atoms with Gasteiger partial charge in [0.15, 0.2) is 11.5 Å². The Morgan fingerprint density at radius 1 is 1.18 bits per heavy atom. The van der Waals surface area contributed by atoms with Gasteiger partial charge in [0.05, 0.1) is 13.3 Å². The number of aryl methyl sites for hydroxylation is 2. The van der Waals surface area contributed by atoms with Gasteiger partial charge in [-0.25, -0.2) is 5.43 Å². The van der Waals surface area contributed by atoms with Crippen LogP contribution in [-0.2, 0) is 16.0 Å². The first kappa shape index (κ1) is 20.7. The van der Waals surface area contributed by atoms with Gasteiger partial charge in [0.1, 0.15) is 0 Å². The van der Waals surface area contributed by atoms with Crippen molar-refractivity contribution in [1.82, 2.24) is 5.43 Å². The lowest BCUT2D eigenvalue weighted by Gasteiger charge is -2.09. The molecule has 2 rings (SSSR count). The summed E-state index contributed by atoms with van der Waals surface area (Å²) in [5, 5.41) is 16.4. The van der Waals surface area contributed by atoms with Gasteiger partial charge in [-0.2, -0.15) is 5.10 Å². The number of phenolic OH excluding ortho intramolecular Hbond substituents is 1. The normalized spacial score (nSPS) is 10.5. The first-order chi connectivity index (χ1) is 13.3. The smallest absolute Gasteiger partial charge is 0.329 e. The Kier molecular flexibility index (Phi) is 6.92. The van der Waals surface area contributed by atoms with Gasteiger partial charge >= 0.3 is 11.8 Å². The fourth-order valence-corrected chi connectivity index (χ4v) is 2.45. The summed E-state index contributed by atoms with van der Waals surface area (Å²) in [5.41, 5.74) is 6.00. The van der Waals surface area contributed by atoms with E-state index in [9.17, 15) is 14.7 Å². The number of amides is 2. The minimum atomic E-state index is -0.897. The second-order valence-corrected chi connectivity index (χ2v) is 6.18. The second kappa shape index (κ2) is 9.36. The van der Waals surface area contributed by atoms with Crippen molar-refractivity contribution in [1.29, 1.82) is 0 Å². The molecule has 0 aromatic heterocycles. The number of anilines is 1. The van der Waals surface area contributed by atoms with E-state index in [1.54, 1.807) is 30.3 Å². The average Bonchev–Trinajstić information content (AvgIpc) is 2.67. The van der Waals surface area contributed by atoms with Crippen LogP contribution in [0, 0.1) is 13.8 Å². The fraction of sp³-hybridized carbons (Fsp3) is 0.190. The molecule has 0 bridgehead atoms. The van der Waals surface area contributed by atoms with Crippen molar-refractivity contribution in [2.75, 3.05) is 12.4 Å². The highest BCUT2D eigenvalue weighted by Crippen LogP contribution is 2.31. The summed E-state index contributed by atoms with van der Waals surface area (Å²) in [7, 11) is 1.44. The fourth-order valence-electron chi connectivity index (χ4n) is 2.45. The van der Waals surface area contributed by atoms with Crippen LogP contribution in [0.1, 0.15) is 22.3 Å². The molecule has 0 atom stereocenters. The molecule has 0 saturated heterocycles.